The third-order valence-corrected chi connectivity index (χ3v) is 5.25. The van der Waals surface area contributed by atoms with E-state index in [0.29, 0.717) is 20.2 Å². The van der Waals surface area contributed by atoms with Crippen molar-refractivity contribution in [1.82, 2.24) is 15.5 Å². The van der Waals surface area contributed by atoms with Gasteiger partial charge in [0.15, 0.2) is 5.17 Å². The fourth-order valence-electron chi connectivity index (χ4n) is 2.25. The Balaban J connectivity index is 1.53. The van der Waals surface area contributed by atoms with Gasteiger partial charge in [0.05, 0.1) is 4.91 Å². The van der Waals surface area contributed by atoms with E-state index in [0.717, 1.165) is 11.1 Å². The summed E-state index contributed by atoms with van der Waals surface area (Å²) in [6.07, 6.45) is 1.82. The molecule has 6 nitrogen and oxygen atoms in total. The van der Waals surface area contributed by atoms with E-state index in [9.17, 15) is 9.90 Å². The van der Waals surface area contributed by atoms with E-state index in [1.807, 2.05) is 36.4 Å². The molecule has 8 heteroatoms. The second-order valence-corrected chi connectivity index (χ2v) is 7.32. The van der Waals surface area contributed by atoms with Gasteiger partial charge in [-0.2, -0.15) is 4.99 Å². The molecule has 0 saturated carbocycles. The number of carbonyl (C=O) groups is 1. The Morgan fingerprint density at radius 2 is 1.81 bits per heavy atom. The van der Waals surface area contributed by atoms with Crippen LogP contribution in [0, 0.1) is 0 Å². The van der Waals surface area contributed by atoms with Crippen molar-refractivity contribution in [3.05, 3.63) is 65.1 Å². The highest BCUT2D eigenvalue weighted by atomic mass is 32.2. The molecule has 0 spiro atoms. The predicted octanol–water partition coefficient (Wildman–Crippen LogP) is 3.80. The number of nitrogens with one attached hydrogen (secondary N) is 1. The highest BCUT2D eigenvalue weighted by molar-refractivity contribution is 8.18. The van der Waals surface area contributed by atoms with Crippen LogP contribution in [0.2, 0.25) is 0 Å². The number of hydrogen-bond acceptors (Lipinski definition) is 7. The largest absolute Gasteiger partial charge is 0.508 e. The number of amides is 1. The van der Waals surface area contributed by atoms with Gasteiger partial charge >= 0.3 is 0 Å². The molecular weight excluding hydrogens is 368 g/mol. The molecule has 4 rings (SSSR count). The second-order valence-electron chi connectivity index (χ2n) is 5.33. The molecule has 1 saturated heterocycles. The van der Waals surface area contributed by atoms with E-state index in [-0.39, 0.29) is 11.7 Å². The Labute approximate surface area is 157 Å². The smallest absolute Gasteiger partial charge is 0.264 e. The fraction of sp³-hybridized carbons (Fsp3) is 0. The zero-order chi connectivity index (χ0) is 17.9. The van der Waals surface area contributed by atoms with E-state index in [4.69, 9.17) is 0 Å². The molecule has 2 aromatic carbocycles. The van der Waals surface area contributed by atoms with Gasteiger partial charge in [-0.25, -0.2) is 0 Å². The lowest BCUT2D eigenvalue weighted by atomic mass is 10.2. The lowest BCUT2D eigenvalue weighted by molar-refractivity contribution is -0.115. The summed E-state index contributed by atoms with van der Waals surface area (Å²) in [5.41, 5.74) is 1.80. The van der Waals surface area contributed by atoms with Crippen LogP contribution < -0.4 is 5.32 Å². The monoisotopic (exact) mass is 380 g/mol. The zero-order valence-corrected chi connectivity index (χ0v) is 14.9. The molecule has 128 valence electrons. The summed E-state index contributed by atoms with van der Waals surface area (Å²) in [7, 11) is 0. The first kappa shape index (κ1) is 16.5. The SMILES string of the molecule is O=C1N/C(=N\c2nnc(-c3ccc(O)cc3)s2)S/C1=C\c1ccccc1. The third kappa shape index (κ3) is 3.66. The molecule has 26 heavy (non-hydrogen) atoms. The summed E-state index contributed by atoms with van der Waals surface area (Å²) in [6, 6.07) is 16.4. The van der Waals surface area contributed by atoms with Gasteiger partial charge in [-0.15, -0.1) is 10.2 Å². The van der Waals surface area contributed by atoms with Gasteiger partial charge in [-0.3, -0.25) is 4.79 Å². The molecule has 1 aliphatic rings. The molecule has 2 N–H and O–H groups in total. The topological polar surface area (TPSA) is 87.5 Å². The molecule has 0 atom stereocenters. The fourth-order valence-corrected chi connectivity index (χ4v) is 3.86. The van der Waals surface area contributed by atoms with Gasteiger partial charge < -0.3 is 10.4 Å². The van der Waals surface area contributed by atoms with Crippen molar-refractivity contribution in [1.29, 1.82) is 0 Å². The van der Waals surface area contributed by atoms with Crippen molar-refractivity contribution in [3.63, 3.8) is 0 Å². The first-order valence-corrected chi connectivity index (χ1v) is 9.28. The van der Waals surface area contributed by atoms with Crippen LogP contribution in [-0.2, 0) is 4.79 Å². The maximum atomic E-state index is 12.1. The van der Waals surface area contributed by atoms with Crippen LogP contribution in [-0.4, -0.2) is 26.4 Å². The highest BCUT2D eigenvalue weighted by Crippen LogP contribution is 2.32. The normalized spacial score (nSPS) is 17.0. The van der Waals surface area contributed by atoms with Crippen molar-refractivity contribution in [2.45, 2.75) is 0 Å². The van der Waals surface area contributed by atoms with E-state index >= 15 is 0 Å². The van der Waals surface area contributed by atoms with Crippen LogP contribution in [0.5, 0.6) is 5.75 Å². The zero-order valence-electron chi connectivity index (χ0n) is 13.3. The Morgan fingerprint density at radius 3 is 2.58 bits per heavy atom. The third-order valence-electron chi connectivity index (χ3n) is 3.47. The molecular formula is C18H12N4O2S2. The first-order valence-electron chi connectivity index (χ1n) is 7.65. The minimum absolute atomic E-state index is 0.180. The number of aromatic nitrogens is 2. The highest BCUT2D eigenvalue weighted by Gasteiger charge is 2.24. The summed E-state index contributed by atoms with van der Waals surface area (Å²) in [6.45, 7) is 0. The quantitative estimate of drug-likeness (QED) is 0.675. The minimum Gasteiger partial charge on any atom is -0.508 e. The van der Waals surface area contributed by atoms with Gasteiger partial charge in [0, 0.05) is 5.56 Å². The van der Waals surface area contributed by atoms with Crippen molar-refractivity contribution in [2.75, 3.05) is 0 Å². The van der Waals surface area contributed by atoms with Crippen molar-refractivity contribution >= 4 is 45.4 Å². The van der Waals surface area contributed by atoms with Gasteiger partial charge in [0.1, 0.15) is 10.8 Å². The molecule has 0 radical (unpaired) electrons. The van der Waals surface area contributed by atoms with E-state index in [1.54, 1.807) is 24.3 Å². The van der Waals surface area contributed by atoms with Gasteiger partial charge in [-0.1, -0.05) is 41.7 Å². The van der Waals surface area contributed by atoms with E-state index < -0.39 is 0 Å². The molecule has 1 aliphatic heterocycles. The predicted molar refractivity (Wildman–Crippen MR) is 104 cm³/mol. The molecule has 0 unspecified atom stereocenters. The van der Waals surface area contributed by atoms with Crippen molar-refractivity contribution in [2.24, 2.45) is 4.99 Å². The summed E-state index contributed by atoms with van der Waals surface area (Å²) < 4.78 is 0. The van der Waals surface area contributed by atoms with Crippen LogP contribution in [0.4, 0.5) is 5.13 Å². The number of phenolic OH excluding ortho intramolecular Hbond substituents is 1. The van der Waals surface area contributed by atoms with Crippen LogP contribution in [0.3, 0.4) is 0 Å². The molecule has 1 amide bonds. The maximum absolute atomic E-state index is 12.1. The van der Waals surface area contributed by atoms with Gasteiger partial charge in [-0.05, 0) is 47.7 Å². The number of nitrogens with zero attached hydrogens (tertiary/aromatic N) is 3. The first-order chi connectivity index (χ1) is 12.7. The molecule has 0 bridgehead atoms. The average Bonchev–Trinajstić information content (AvgIpc) is 3.24. The maximum Gasteiger partial charge on any atom is 0.264 e. The number of aromatic hydroxyl groups is 1. The van der Waals surface area contributed by atoms with Crippen LogP contribution in [0.25, 0.3) is 16.6 Å². The number of hydrogen-bond donors (Lipinski definition) is 2. The van der Waals surface area contributed by atoms with Crippen LogP contribution in [0.15, 0.2) is 64.5 Å². The Bertz CT molecular complexity index is 1010. The molecule has 0 aliphatic carbocycles. The number of aliphatic imine (C=N–C) groups is 1. The molecule has 1 fully saturated rings. The second kappa shape index (κ2) is 7.11. The summed E-state index contributed by atoms with van der Waals surface area (Å²) in [5.74, 6) is 0.0161. The summed E-state index contributed by atoms with van der Waals surface area (Å²) in [5, 5.41) is 21.9. The van der Waals surface area contributed by atoms with Crippen LogP contribution in [0.1, 0.15) is 5.56 Å². The van der Waals surface area contributed by atoms with Crippen molar-refractivity contribution in [3.8, 4) is 16.3 Å². The molecule has 2 heterocycles. The number of benzene rings is 2. The standard InChI is InChI=1S/C18H12N4O2S2/c23-13-8-6-12(7-9-13)16-21-22-18(26-16)20-17-19-15(24)14(25-17)10-11-4-2-1-3-5-11/h1-10,23H,(H,19,20,22,24)/b14-10-. The number of phenols is 1. The number of amidine groups is 1. The summed E-state index contributed by atoms with van der Waals surface area (Å²) in [4.78, 5) is 17.0. The number of thioether (sulfide) groups is 1. The minimum atomic E-state index is -0.180. The van der Waals surface area contributed by atoms with Crippen LogP contribution >= 0.6 is 23.1 Å². The summed E-state index contributed by atoms with van der Waals surface area (Å²) >= 11 is 2.58. The number of rotatable bonds is 3. The molecule has 3 aromatic rings. The lowest BCUT2D eigenvalue weighted by Gasteiger charge is -1.94. The Kier molecular flexibility index (Phi) is 4.51. The van der Waals surface area contributed by atoms with Crippen molar-refractivity contribution < 1.29 is 9.90 Å². The van der Waals surface area contributed by atoms with Gasteiger partial charge in [0.2, 0.25) is 5.13 Å². The Hall–Kier alpha value is -2.97. The molecule has 1 aromatic heterocycles. The lowest BCUT2D eigenvalue weighted by Crippen LogP contribution is -2.19. The average molecular weight is 380 g/mol. The van der Waals surface area contributed by atoms with Gasteiger partial charge in [0.25, 0.3) is 5.91 Å². The Morgan fingerprint density at radius 1 is 1.04 bits per heavy atom. The van der Waals surface area contributed by atoms with E-state index in [2.05, 4.69) is 20.5 Å². The number of carbonyl (C=O) groups excluding carboxylic acids is 1. The van der Waals surface area contributed by atoms with E-state index in [1.165, 1.54) is 23.1 Å².